The van der Waals surface area contributed by atoms with Crippen molar-refractivity contribution in [3.05, 3.63) is 95.6 Å². The van der Waals surface area contributed by atoms with E-state index in [-0.39, 0.29) is 0 Å². The zero-order chi connectivity index (χ0) is 16.6. The Morgan fingerprint density at radius 1 is 0.750 bits per heavy atom. The standard InChI is InChI=1S/C22H20O2/c1-23-21-15-12-18(13-16-21)11-14-20-9-5-6-10-22(20)24-17-19-7-3-2-4-8-19/h2-16H,17H2,1H3/b14-11+. The quantitative estimate of drug-likeness (QED) is 0.563. The molecular formula is C22H20O2. The summed E-state index contributed by atoms with van der Waals surface area (Å²) in [5.41, 5.74) is 3.34. The van der Waals surface area contributed by atoms with Crippen molar-refractivity contribution in [3.8, 4) is 11.5 Å². The summed E-state index contributed by atoms with van der Waals surface area (Å²) in [4.78, 5) is 0. The fraction of sp³-hybridized carbons (Fsp3) is 0.0909. The van der Waals surface area contributed by atoms with Crippen LogP contribution in [0.1, 0.15) is 16.7 Å². The van der Waals surface area contributed by atoms with Crippen molar-refractivity contribution in [2.24, 2.45) is 0 Å². The van der Waals surface area contributed by atoms with E-state index in [1.807, 2.05) is 60.7 Å². The molecule has 0 saturated heterocycles. The Labute approximate surface area is 143 Å². The third kappa shape index (κ3) is 4.26. The second-order valence-electron chi connectivity index (χ2n) is 5.42. The molecule has 0 fully saturated rings. The van der Waals surface area contributed by atoms with E-state index in [1.54, 1.807) is 7.11 Å². The second-order valence-corrected chi connectivity index (χ2v) is 5.42. The minimum Gasteiger partial charge on any atom is -0.497 e. The van der Waals surface area contributed by atoms with Crippen LogP contribution in [0.25, 0.3) is 12.2 Å². The van der Waals surface area contributed by atoms with E-state index < -0.39 is 0 Å². The van der Waals surface area contributed by atoms with Crippen LogP contribution in [-0.4, -0.2) is 7.11 Å². The highest BCUT2D eigenvalue weighted by atomic mass is 16.5. The second kappa shape index (κ2) is 8.02. The van der Waals surface area contributed by atoms with Gasteiger partial charge >= 0.3 is 0 Å². The van der Waals surface area contributed by atoms with Crippen LogP contribution in [0, 0.1) is 0 Å². The minimum atomic E-state index is 0.564. The highest BCUT2D eigenvalue weighted by molar-refractivity contribution is 5.72. The lowest BCUT2D eigenvalue weighted by atomic mass is 10.1. The Kier molecular flexibility index (Phi) is 5.31. The van der Waals surface area contributed by atoms with E-state index >= 15 is 0 Å². The zero-order valence-corrected chi connectivity index (χ0v) is 13.7. The molecule has 0 aromatic heterocycles. The Bertz CT molecular complexity index is 790. The van der Waals surface area contributed by atoms with Gasteiger partial charge in [-0.1, -0.05) is 72.8 Å². The highest BCUT2D eigenvalue weighted by Crippen LogP contribution is 2.22. The number of methoxy groups -OCH3 is 1. The Morgan fingerprint density at radius 2 is 1.46 bits per heavy atom. The molecule has 0 N–H and O–H groups in total. The molecule has 0 saturated carbocycles. The van der Waals surface area contributed by atoms with Crippen LogP contribution >= 0.6 is 0 Å². The number of hydrogen-bond donors (Lipinski definition) is 0. The predicted molar refractivity (Wildman–Crippen MR) is 99.1 cm³/mol. The van der Waals surface area contributed by atoms with Gasteiger partial charge in [0.2, 0.25) is 0 Å². The fourth-order valence-electron chi connectivity index (χ4n) is 2.39. The lowest BCUT2D eigenvalue weighted by Gasteiger charge is -2.09. The molecule has 0 spiro atoms. The van der Waals surface area contributed by atoms with E-state index in [4.69, 9.17) is 9.47 Å². The maximum atomic E-state index is 5.98. The van der Waals surface area contributed by atoms with Gasteiger partial charge in [0.25, 0.3) is 0 Å². The first-order valence-electron chi connectivity index (χ1n) is 7.93. The molecular weight excluding hydrogens is 296 g/mol. The van der Waals surface area contributed by atoms with Crippen molar-refractivity contribution in [3.63, 3.8) is 0 Å². The maximum absolute atomic E-state index is 5.98. The van der Waals surface area contributed by atoms with Crippen LogP contribution in [0.5, 0.6) is 11.5 Å². The number of hydrogen-bond acceptors (Lipinski definition) is 2. The Balaban J connectivity index is 1.72. The van der Waals surface area contributed by atoms with E-state index in [1.165, 1.54) is 0 Å². The lowest BCUT2D eigenvalue weighted by Crippen LogP contribution is -1.96. The van der Waals surface area contributed by atoms with Crippen LogP contribution in [0.15, 0.2) is 78.9 Å². The minimum absolute atomic E-state index is 0.564. The van der Waals surface area contributed by atoms with E-state index in [0.29, 0.717) is 6.61 Å². The summed E-state index contributed by atoms with van der Waals surface area (Å²) < 4.78 is 11.2. The van der Waals surface area contributed by atoms with Gasteiger partial charge in [-0.3, -0.25) is 0 Å². The Hall–Kier alpha value is -3.00. The van der Waals surface area contributed by atoms with Crippen molar-refractivity contribution in [1.29, 1.82) is 0 Å². The van der Waals surface area contributed by atoms with Gasteiger partial charge in [0.05, 0.1) is 7.11 Å². The smallest absolute Gasteiger partial charge is 0.127 e. The summed E-state index contributed by atoms with van der Waals surface area (Å²) >= 11 is 0. The molecule has 2 nitrogen and oxygen atoms in total. The molecule has 24 heavy (non-hydrogen) atoms. The summed E-state index contributed by atoms with van der Waals surface area (Å²) in [7, 11) is 1.67. The molecule has 120 valence electrons. The van der Waals surface area contributed by atoms with Crippen LogP contribution in [0.4, 0.5) is 0 Å². The van der Waals surface area contributed by atoms with Gasteiger partial charge in [-0.2, -0.15) is 0 Å². The van der Waals surface area contributed by atoms with Crippen LogP contribution in [0.2, 0.25) is 0 Å². The third-order valence-corrected chi connectivity index (χ3v) is 3.73. The molecule has 0 aliphatic carbocycles. The van der Waals surface area contributed by atoms with E-state index in [2.05, 4.69) is 30.4 Å². The van der Waals surface area contributed by atoms with Crippen molar-refractivity contribution < 1.29 is 9.47 Å². The average Bonchev–Trinajstić information content (AvgIpc) is 2.66. The van der Waals surface area contributed by atoms with Crippen LogP contribution in [0.3, 0.4) is 0 Å². The highest BCUT2D eigenvalue weighted by Gasteiger charge is 2.00. The largest absolute Gasteiger partial charge is 0.497 e. The third-order valence-electron chi connectivity index (χ3n) is 3.73. The molecule has 3 aromatic carbocycles. The summed E-state index contributed by atoms with van der Waals surface area (Å²) in [5, 5.41) is 0. The molecule has 0 atom stereocenters. The number of rotatable bonds is 6. The Morgan fingerprint density at radius 3 is 2.21 bits per heavy atom. The van der Waals surface area contributed by atoms with Crippen molar-refractivity contribution in [2.75, 3.05) is 7.11 Å². The van der Waals surface area contributed by atoms with Gasteiger partial charge in [-0.05, 0) is 29.3 Å². The van der Waals surface area contributed by atoms with Gasteiger partial charge in [0.1, 0.15) is 18.1 Å². The summed E-state index contributed by atoms with van der Waals surface area (Å²) in [5.74, 6) is 1.74. The summed E-state index contributed by atoms with van der Waals surface area (Å²) in [6.45, 7) is 0.564. The van der Waals surface area contributed by atoms with Crippen LogP contribution < -0.4 is 9.47 Å². The predicted octanol–water partition coefficient (Wildman–Crippen LogP) is 5.44. The zero-order valence-electron chi connectivity index (χ0n) is 13.7. The SMILES string of the molecule is COc1ccc(/C=C/c2ccccc2OCc2ccccc2)cc1. The molecule has 0 aliphatic rings. The first-order chi connectivity index (χ1) is 11.8. The molecule has 0 amide bonds. The fourth-order valence-corrected chi connectivity index (χ4v) is 2.39. The average molecular weight is 316 g/mol. The lowest BCUT2D eigenvalue weighted by molar-refractivity contribution is 0.305. The van der Waals surface area contributed by atoms with Gasteiger partial charge in [0.15, 0.2) is 0 Å². The van der Waals surface area contributed by atoms with Crippen LogP contribution in [-0.2, 0) is 6.61 Å². The summed E-state index contributed by atoms with van der Waals surface area (Å²) in [6, 6.07) is 26.2. The number of ether oxygens (including phenoxy) is 2. The molecule has 0 unspecified atom stereocenters. The van der Waals surface area contributed by atoms with Crippen molar-refractivity contribution in [1.82, 2.24) is 0 Å². The first kappa shape index (κ1) is 15.9. The maximum Gasteiger partial charge on any atom is 0.127 e. The number of benzene rings is 3. The van der Waals surface area contributed by atoms with Crippen molar-refractivity contribution >= 4 is 12.2 Å². The first-order valence-corrected chi connectivity index (χ1v) is 7.93. The van der Waals surface area contributed by atoms with E-state index in [0.717, 1.165) is 28.2 Å². The van der Waals surface area contributed by atoms with Gasteiger partial charge < -0.3 is 9.47 Å². The molecule has 0 aliphatic heterocycles. The van der Waals surface area contributed by atoms with Gasteiger partial charge in [0, 0.05) is 5.56 Å². The monoisotopic (exact) mass is 316 g/mol. The molecule has 2 heteroatoms. The molecule has 3 rings (SSSR count). The molecule has 3 aromatic rings. The van der Waals surface area contributed by atoms with Gasteiger partial charge in [-0.25, -0.2) is 0 Å². The van der Waals surface area contributed by atoms with Gasteiger partial charge in [-0.15, -0.1) is 0 Å². The molecule has 0 heterocycles. The molecule has 0 bridgehead atoms. The molecule has 0 radical (unpaired) electrons. The normalized spacial score (nSPS) is 10.7. The number of para-hydroxylation sites is 1. The summed E-state index contributed by atoms with van der Waals surface area (Å²) in [6.07, 6.45) is 4.15. The van der Waals surface area contributed by atoms with Crippen molar-refractivity contribution in [2.45, 2.75) is 6.61 Å². The topological polar surface area (TPSA) is 18.5 Å². The van der Waals surface area contributed by atoms with E-state index in [9.17, 15) is 0 Å².